The normalized spacial score (nSPS) is 17.1. The Morgan fingerprint density at radius 2 is 1.70 bits per heavy atom. The molecule has 3 atom stereocenters. The van der Waals surface area contributed by atoms with E-state index in [4.69, 9.17) is 5.73 Å². The van der Waals surface area contributed by atoms with Crippen LogP contribution in [0, 0.1) is 5.92 Å². The lowest BCUT2D eigenvalue weighted by molar-refractivity contribution is -0.138. The zero-order valence-corrected chi connectivity index (χ0v) is 25.9. The third kappa shape index (κ3) is 6.29. The largest absolute Gasteiger partial charge is 0.399 e. The van der Waals surface area contributed by atoms with Gasteiger partial charge in [-0.25, -0.2) is 0 Å². The van der Waals surface area contributed by atoms with Gasteiger partial charge in [-0.3, -0.25) is 19.2 Å². The van der Waals surface area contributed by atoms with E-state index >= 15 is 0 Å². The van der Waals surface area contributed by atoms with E-state index in [-0.39, 0.29) is 18.4 Å². The van der Waals surface area contributed by atoms with Crippen LogP contribution in [0.4, 0.5) is 22.7 Å². The third-order valence-electron chi connectivity index (χ3n) is 8.53. The van der Waals surface area contributed by atoms with Crippen LogP contribution in [0.1, 0.15) is 46.4 Å². The van der Waals surface area contributed by atoms with Crippen LogP contribution in [0.3, 0.4) is 0 Å². The lowest BCUT2D eigenvalue weighted by atomic mass is 9.82. The highest BCUT2D eigenvalue weighted by Gasteiger charge is 2.53. The molecule has 0 aliphatic carbocycles. The van der Waals surface area contributed by atoms with Gasteiger partial charge in [0.05, 0.1) is 23.9 Å². The molecule has 238 valence electrons. The number of fused-ring (bicyclic) bond motifs is 1. The Bertz CT molecular complexity index is 1890. The number of rotatable bonds is 11. The minimum absolute atomic E-state index is 0.0824. The summed E-state index contributed by atoms with van der Waals surface area (Å²) in [4.78, 5) is 28.6. The van der Waals surface area contributed by atoms with Crippen molar-refractivity contribution in [1.82, 2.24) is 15.0 Å². The molecule has 0 radical (unpaired) electrons. The average Bonchev–Trinajstić information content (AvgIpc) is 3.65. The standard InChI is InChI=1S/C37H36N6O4/c1-25(10-8-9-21-42-23-33(40-41-42)31(24-44)26-11-4-2-5-12-26)37(47)32-22-29(39-35(45)27-15-17-28(38)18-16-27)19-20-34(32)43(36(37)46)30-13-6-3-7-14-30/h2-8,10-20,22-23,25,31,44,47H,9,21,24,38H2,1H3,(H,39,45)/b10-8+/t25-,31?,37+/m0/s1. The molecule has 0 spiro atoms. The summed E-state index contributed by atoms with van der Waals surface area (Å²) in [6, 6.07) is 30.5. The topological polar surface area (TPSA) is 147 Å². The Kier molecular flexibility index (Phi) is 8.97. The van der Waals surface area contributed by atoms with Crippen molar-refractivity contribution < 1.29 is 19.8 Å². The number of allylic oxidation sites excluding steroid dienone is 1. The highest BCUT2D eigenvalue weighted by atomic mass is 16.3. The molecule has 0 saturated heterocycles. The fourth-order valence-electron chi connectivity index (χ4n) is 5.90. The number of hydrogen-bond acceptors (Lipinski definition) is 7. The number of carbonyl (C=O) groups excluding carboxylic acids is 2. The highest BCUT2D eigenvalue weighted by molar-refractivity contribution is 6.13. The molecule has 5 aromatic rings. The lowest BCUT2D eigenvalue weighted by Crippen LogP contribution is -2.42. The molecular weight excluding hydrogens is 592 g/mol. The molecule has 10 heteroatoms. The molecule has 0 bridgehead atoms. The zero-order valence-electron chi connectivity index (χ0n) is 25.9. The van der Waals surface area contributed by atoms with Crippen molar-refractivity contribution in [2.24, 2.45) is 5.92 Å². The molecule has 2 amide bonds. The van der Waals surface area contributed by atoms with Crippen molar-refractivity contribution in [1.29, 1.82) is 0 Å². The monoisotopic (exact) mass is 628 g/mol. The van der Waals surface area contributed by atoms with Gasteiger partial charge in [-0.05, 0) is 66.6 Å². The lowest BCUT2D eigenvalue weighted by Gasteiger charge is -2.27. The van der Waals surface area contributed by atoms with Gasteiger partial charge in [-0.15, -0.1) is 5.10 Å². The van der Waals surface area contributed by atoms with Gasteiger partial charge in [0.1, 0.15) is 0 Å². The Labute approximate surface area is 272 Å². The number of amides is 2. The molecule has 1 aliphatic heterocycles. The SMILES string of the molecule is C[C@@H](/C=C/CCn1cc(C(CO)c2ccccc2)nn1)[C@]1(O)C(=O)N(c2ccccc2)c2ccc(NC(=O)c3ccc(N)cc3)cc21. The number of nitrogen functional groups attached to an aromatic ring is 1. The van der Waals surface area contributed by atoms with Crippen molar-refractivity contribution >= 4 is 34.6 Å². The van der Waals surface area contributed by atoms with Crippen LogP contribution in [0.5, 0.6) is 0 Å². The van der Waals surface area contributed by atoms with E-state index in [1.165, 1.54) is 4.90 Å². The van der Waals surface area contributed by atoms with Crippen LogP contribution >= 0.6 is 0 Å². The summed E-state index contributed by atoms with van der Waals surface area (Å²) in [7, 11) is 0. The number of aromatic nitrogens is 3. The Morgan fingerprint density at radius 1 is 1.00 bits per heavy atom. The van der Waals surface area contributed by atoms with Gasteiger partial charge >= 0.3 is 0 Å². The van der Waals surface area contributed by atoms with Gasteiger partial charge in [0, 0.05) is 46.8 Å². The summed E-state index contributed by atoms with van der Waals surface area (Å²) >= 11 is 0. The van der Waals surface area contributed by atoms with E-state index in [0.29, 0.717) is 52.5 Å². The first kappa shape index (κ1) is 31.4. The van der Waals surface area contributed by atoms with Crippen molar-refractivity contribution in [3.05, 3.63) is 144 Å². The number of aliphatic hydroxyl groups is 2. The first-order chi connectivity index (χ1) is 22.8. The number of benzene rings is 4. The van der Waals surface area contributed by atoms with Crippen LogP contribution in [-0.4, -0.2) is 43.6 Å². The third-order valence-corrected chi connectivity index (χ3v) is 8.53. The molecule has 0 saturated carbocycles. The van der Waals surface area contributed by atoms with Crippen LogP contribution in [0.15, 0.2) is 121 Å². The number of nitrogens with one attached hydrogen (secondary N) is 1. The van der Waals surface area contributed by atoms with E-state index in [1.807, 2.05) is 79.0 Å². The van der Waals surface area contributed by atoms with E-state index in [1.54, 1.807) is 54.1 Å². The van der Waals surface area contributed by atoms with Crippen molar-refractivity contribution in [2.45, 2.75) is 31.4 Å². The predicted molar refractivity (Wildman–Crippen MR) is 181 cm³/mol. The van der Waals surface area contributed by atoms with E-state index in [0.717, 1.165) is 5.56 Å². The molecule has 47 heavy (non-hydrogen) atoms. The molecule has 1 unspecified atom stereocenters. The van der Waals surface area contributed by atoms with Gasteiger partial charge in [-0.2, -0.15) is 0 Å². The predicted octanol–water partition coefficient (Wildman–Crippen LogP) is 5.39. The summed E-state index contributed by atoms with van der Waals surface area (Å²) in [6.07, 6.45) is 6.14. The van der Waals surface area contributed by atoms with E-state index in [2.05, 4.69) is 15.6 Å². The average molecular weight is 629 g/mol. The van der Waals surface area contributed by atoms with E-state index < -0.39 is 17.4 Å². The fourth-order valence-corrected chi connectivity index (χ4v) is 5.90. The maximum Gasteiger partial charge on any atom is 0.268 e. The van der Waals surface area contributed by atoms with Gasteiger partial charge < -0.3 is 21.3 Å². The molecule has 2 heterocycles. The Balaban J connectivity index is 1.21. The van der Waals surface area contributed by atoms with Crippen molar-refractivity contribution in [3.8, 4) is 0 Å². The maximum absolute atomic E-state index is 14.1. The summed E-state index contributed by atoms with van der Waals surface area (Å²) in [5, 5.41) is 33.6. The first-order valence-electron chi connectivity index (χ1n) is 15.5. The second kappa shape index (κ2) is 13.4. The minimum Gasteiger partial charge on any atom is -0.399 e. The molecule has 1 aromatic heterocycles. The van der Waals surface area contributed by atoms with Crippen molar-refractivity contribution in [3.63, 3.8) is 0 Å². The molecule has 5 N–H and O–H groups in total. The Hall–Kier alpha value is -5.58. The molecule has 1 aliphatic rings. The molecule has 6 rings (SSSR count). The second-order valence-electron chi connectivity index (χ2n) is 11.6. The summed E-state index contributed by atoms with van der Waals surface area (Å²) in [5.41, 5.74) is 8.51. The summed E-state index contributed by atoms with van der Waals surface area (Å²) < 4.78 is 1.72. The molecular formula is C37H36N6O4. The molecule has 0 fully saturated rings. The number of hydrogen-bond donors (Lipinski definition) is 4. The molecule has 10 nitrogen and oxygen atoms in total. The molecule has 4 aromatic carbocycles. The van der Waals surface area contributed by atoms with Crippen LogP contribution in [0.25, 0.3) is 0 Å². The van der Waals surface area contributed by atoms with Gasteiger partial charge in [0.15, 0.2) is 5.60 Å². The van der Waals surface area contributed by atoms with Gasteiger partial charge in [0.25, 0.3) is 11.8 Å². The van der Waals surface area contributed by atoms with Gasteiger partial charge in [-0.1, -0.05) is 72.8 Å². The van der Waals surface area contributed by atoms with E-state index in [9.17, 15) is 19.8 Å². The summed E-state index contributed by atoms with van der Waals surface area (Å²) in [5.74, 6) is -1.70. The van der Waals surface area contributed by atoms with Crippen LogP contribution in [0.2, 0.25) is 0 Å². The van der Waals surface area contributed by atoms with Crippen LogP contribution < -0.4 is 16.0 Å². The number of anilines is 4. The quantitative estimate of drug-likeness (QED) is 0.113. The zero-order chi connectivity index (χ0) is 33.0. The number of para-hydroxylation sites is 1. The fraction of sp³-hybridized carbons (Fsp3) is 0.189. The Morgan fingerprint density at radius 3 is 2.40 bits per heavy atom. The van der Waals surface area contributed by atoms with Crippen LogP contribution in [-0.2, 0) is 16.9 Å². The smallest absolute Gasteiger partial charge is 0.268 e. The second-order valence-corrected chi connectivity index (χ2v) is 11.6. The number of nitrogens with two attached hydrogens (primary N) is 1. The number of carbonyl (C=O) groups is 2. The van der Waals surface area contributed by atoms with Crippen molar-refractivity contribution in [2.75, 3.05) is 22.6 Å². The highest BCUT2D eigenvalue weighted by Crippen LogP contribution is 2.49. The number of aryl methyl sites for hydroxylation is 1. The first-order valence-corrected chi connectivity index (χ1v) is 15.5. The number of nitrogens with zero attached hydrogens (tertiary/aromatic N) is 4. The summed E-state index contributed by atoms with van der Waals surface area (Å²) in [6.45, 7) is 2.23. The maximum atomic E-state index is 14.1. The number of aliphatic hydroxyl groups excluding tert-OH is 1. The van der Waals surface area contributed by atoms with Gasteiger partial charge in [0.2, 0.25) is 0 Å². The minimum atomic E-state index is -1.89.